The largest absolute Gasteiger partial charge is 0.481 e. The number of thioether (sulfide) groups is 1. The summed E-state index contributed by atoms with van der Waals surface area (Å²) in [6.07, 6.45) is 0.883. The van der Waals surface area contributed by atoms with Gasteiger partial charge in [0.05, 0.1) is 4.88 Å². The number of nitrogens with two attached hydrogens (primary N) is 1. The highest BCUT2D eigenvalue weighted by Crippen LogP contribution is 2.34. The van der Waals surface area contributed by atoms with Crippen molar-refractivity contribution in [2.75, 3.05) is 17.6 Å². The number of aromatic amines is 1. The number of hydrogen-bond acceptors (Lipinski definition) is 9. The minimum atomic E-state index is -1.28. The molecule has 1 aliphatic heterocycles. The topological polar surface area (TPSA) is 188 Å². The first kappa shape index (κ1) is 23.6. The number of aromatic nitrogens is 2. The molecule has 0 saturated carbocycles. The summed E-state index contributed by atoms with van der Waals surface area (Å²) in [4.78, 5) is 55.1. The Morgan fingerprint density at radius 2 is 2.12 bits per heavy atom. The van der Waals surface area contributed by atoms with E-state index in [4.69, 9.17) is 10.8 Å². The molecule has 3 rings (SSSR count). The molecule has 11 nitrogen and oxygen atoms in total. The molecule has 0 aromatic carbocycles. The lowest BCUT2D eigenvalue weighted by Crippen LogP contribution is -2.40. The lowest BCUT2D eigenvalue weighted by molar-refractivity contribution is -0.140. The molecule has 0 aliphatic carbocycles. The molecule has 1 aliphatic rings. The van der Waals surface area contributed by atoms with Crippen LogP contribution < -0.4 is 21.9 Å². The smallest absolute Gasteiger partial charge is 0.326 e. The Bertz CT molecular complexity index is 1100. The lowest BCUT2D eigenvalue weighted by Gasteiger charge is -2.24. The summed E-state index contributed by atoms with van der Waals surface area (Å²) >= 11 is 2.71. The molecule has 0 bridgehead atoms. The van der Waals surface area contributed by atoms with Gasteiger partial charge in [-0.25, -0.2) is 4.79 Å². The van der Waals surface area contributed by atoms with Crippen LogP contribution >= 0.6 is 23.1 Å². The molecular weight excluding hydrogens is 458 g/mol. The molecule has 1 unspecified atom stereocenters. The van der Waals surface area contributed by atoms with Crippen molar-refractivity contribution >= 4 is 52.7 Å². The zero-order chi connectivity index (χ0) is 23.4. The van der Waals surface area contributed by atoms with Crippen LogP contribution in [0.3, 0.4) is 0 Å². The second-order valence-electron chi connectivity index (χ2n) is 7.30. The minimum Gasteiger partial charge on any atom is -0.481 e. The SMILES string of the molecule is Cc1cc(C(=O)N[C@@H](CCC(=O)O)C(=O)O)sc1CCC1CNc2nc(N)[nH]c(=O)c2S1. The van der Waals surface area contributed by atoms with Crippen LogP contribution in [-0.2, 0) is 16.0 Å². The van der Waals surface area contributed by atoms with Crippen molar-refractivity contribution < 1.29 is 24.6 Å². The minimum absolute atomic E-state index is 0.0633. The van der Waals surface area contributed by atoms with Crippen molar-refractivity contribution in [1.82, 2.24) is 15.3 Å². The van der Waals surface area contributed by atoms with Crippen LogP contribution in [0.2, 0.25) is 0 Å². The van der Waals surface area contributed by atoms with Crippen molar-refractivity contribution in [3.05, 3.63) is 31.7 Å². The summed E-state index contributed by atoms with van der Waals surface area (Å²) < 4.78 is 0. The van der Waals surface area contributed by atoms with E-state index in [1.807, 2.05) is 6.92 Å². The molecule has 7 N–H and O–H groups in total. The first-order valence-electron chi connectivity index (χ1n) is 9.79. The summed E-state index contributed by atoms with van der Waals surface area (Å²) in [6, 6.07) is 0.430. The molecule has 2 atom stereocenters. The second-order valence-corrected chi connectivity index (χ2v) is 9.75. The maximum Gasteiger partial charge on any atom is 0.326 e. The van der Waals surface area contributed by atoms with Gasteiger partial charge in [0.15, 0.2) is 0 Å². The van der Waals surface area contributed by atoms with Crippen LogP contribution in [-0.4, -0.2) is 55.9 Å². The van der Waals surface area contributed by atoms with Gasteiger partial charge in [0.1, 0.15) is 16.8 Å². The van der Waals surface area contributed by atoms with E-state index in [1.165, 1.54) is 23.1 Å². The molecule has 32 heavy (non-hydrogen) atoms. The first-order chi connectivity index (χ1) is 15.1. The number of aryl methyl sites for hydroxylation is 2. The monoisotopic (exact) mass is 481 g/mol. The number of nitrogens with zero attached hydrogens (tertiary/aromatic N) is 1. The number of aliphatic carboxylic acids is 2. The standard InChI is InChI=1S/C19H23N5O6S2/c1-8-6-12(16(27)22-10(18(29)30)3-5-13(25)26)32-11(8)4-2-9-7-21-15-14(31-9)17(28)24-19(20)23-15/h6,9-10H,2-5,7H2,1H3,(H,22,27)(H,25,26)(H,29,30)(H4,20,21,23,24,28)/t9?,10-/m0/s1. The van der Waals surface area contributed by atoms with Crippen molar-refractivity contribution in [1.29, 1.82) is 0 Å². The van der Waals surface area contributed by atoms with Gasteiger partial charge in [-0.15, -0.1) is 23.1 Å². The number of carboxylic acids is 2. The third kappa shape index (κ3) is 5.79. The van der Waals surface area contributed by atoms with Crippen LogP contribution in [0.25, 0.3) is 0 Å². The molecule has 2 aromatic rings. The van der Waals surface area contributed by atoms with Crippen molar-refractivity contribution in [2.45, 2.75) is 48.8 Å². The maximum atomic E-state index is 12.5. The molecule has 1 amide bonds. The van der Waals surface area contributed by atoms with Gasteiger partial charge in [-0.2, -0.15) is 4.98 Å². The van der Waals surface area contributed by atoms with E-state index in [0.717, 1.165) is 16.9 Å². The molecule has 0 radical (unpaired) electrons. The molecule has 3 heterocycles. The molecular formula is C19H23N5O6S2. The van der Waals surface area contributed by atoms with Gasteiger partial charge in [0.2, 0.25) is 5.95 Å². The van der Waals surface area contributed by atoms with Crippen LogP contribution in [0, 0.1) is 6.92 Å². The van der Waals surface area contributed by atoms with Gasteiger partial charge in [0.25, 0.3) is 11.5 Å². The van der Waals surface area contributed by atoms with Gasteiger partial charge in [-0.1, -0.05) is 0 Å². The number of nitrogen functional groups attached to an aromatic ring is 1. The Labute approximate surface area is 190 Å². The van der Waals surface area contributed by atoms with Gasteiger partial charge in [-0.05, 0) is 37.8 Å². The highest BCUT2D eigenvalue weighted by atomic mass is 32.2. The van der Waals surface area contributed by atoms with E-state index in [9.17, 15) is 24.3 Å². The Morgan fingerprint density at radius 1 is 1.38 bits per heavy atom. The fraction of sp³-hybridized carbons (Fsp3) is 0.421. The molecule has 172 valence electrons. The lowest BCUT2D eigenvalue weighted by atomic mass is 10.1. The molecule has 13 heteroatoms. The van der Waals surface area contributed by atoms with Gasteiger partial charge < -0.3 is 26.6 Å². The third-order valence-corrected chi connectivity index (χ3v) is 7.51. The summed E-state index contributed by atoms with van der Waals surface area (Å²) in [5.41, 5.74) is 6.20. The predicted octanol–water partition coefficient (Wildman–Crippen LogP) is 1.29. The number of H-pyrrole nitrogens is 1. The van der Waals surface area contributed by atoms with Crippen molar-refractivity contribution in [3.63, 3.8) is 0 Å². The first-order valence-corrected chi connectivity index (χ1v) is 11.5. The molecule has 2 aromatic heterocycles. The number of nitrogens with one attached hydrogen (secondary N) is 3. The fourth-order valence-electron chi connectivity index (χ4n) is 3.22. The number of rotatable bonds is 9. The number of carbonyl (C=O) groups is 3. The zero-order valence-electron chi connectivity index (χ0n) is 17.1. The van der Waals surface area contributed by atoms with Crippen LogP contribution in [0.1, 0.15) is 39.4 Å². The molecule has 0 fully saturated rings. The summed E-state index contributed by atoms with van der Waals surface area (Å²) in [5.74, 6) is -2.40. The Balaban J connectivity index is 1.60. The van der Waals surface area contributed by atoms with E-state index in [0.29, 0.717) is 28.6 Å². The summed E-state index contributed by atoms with van der Waals surface area (Å²) in [5, 5.41) is 23.6. The average molecular weight is 482 g/mol. The van der Waals surface area contributed by atoms with Crippen LogP contribution in [0.5, 0.6) is 0 Å². The highest BCUT2D eigenvalue weighted by molar-refractivity contribution is 8.00. The Hall–Kier alpha value is -3.06. The van der Waals surface area contributed by atoms with Crippen LogP contribution in [0.15, 0.2) is 15.8 Å². The average Bonchev–Trinajstić information content (AvgIpc) is 3.10. The van der Waals surface area contributed by atoms with E-state index in [-0.39, 0.29) is 29.6 Å². The number of anilines is 2. The number of amides is 1. The van der Waals surface area contributed by atoms with E-state index in [2.05, 4.69) is 20.6 Å². The molecule has 0 spiro atoms. The van der Waals surface area contributed by atoms with Crippen LogP contribution in [0.4, 0.5) is 11.8 Å². The molecule has 0 saturated heterocycles. The number of hydrogen-bond donors (Lipinski definition) is 6. The summed E-state index contributed by atoms with van der Waals surface area (Å²) in [6.45, 7) is 2.50. The van der Waals surface area contributed by atoms with E-state index in [1.54, 1.807) is 6.07 Å². The number of carbonyl (C=O) groups excluding carboxylic acids is 1. The normalized spacial score (nSPS) is 16.0. The van der Waals surface area contributed by atoms with E-state index >= 15 is 0 Å². The summed E-state index contributed by atoms with van der Waals surface area (Å²) in [7, 11) is 0. The fourth-order valence-corrected chi connectivity index (χ4v) is 5.43. The second kappa shape index (κ2) is 10.0. The predicted molar refractivity (Wildman–Crippen MR) is 121 cm³/mol. The van der Waals surface area contributed by atoms with Crippen molar-refractivity contribution in [2.24, 2.45) is 0 Å². The zero-order valence-corrected chi connectivity index (χ0v) is 18.8. The highest BCUT2D eigenvalue weighted by Gasteiger charge is 2.25. The third-order valence-electron chi connectivity index (χ3n) is 4.86. The van der Waals surface area contributed by atoms with Gasteiger partial charge in [0, 0.05) is 23.1 Å². The Morgan fingerprint density at radius 3 is 2.81 bits per heavy atom. The van der Waals surface area contributed by atoms with Gasteiger partial charge in [-0.3, -0.25) is 19.4 Å². The van der Waals surface area contributed by atoms with E-state index < -0.39 is 23.9 Å². The van der Waals surface area contributed by atoms with Gasteiger partial charge >= 0.3 is 11.9 Å². The number of thiophene rings is 1. The number of carboxylic acid groups (broad SMARTS) is 2. The Kier molecular flexibility index (Phi) is 7.40. The van der Waals surface area contributed by atoms with Crippen molar-refractivity contribution in [3.8, 4) is 0 Å². The number of fused-ring (bicyclic) bond motifs is 1. The maximum absolute atomic E-state index is 12.5. The quantitative estimate of drug-likeness (QED) is 0.304.